The van der Waals surface area contributed by atoms with E-state index in [0.717, 1.165) is 0 Å². The molecule has 1 aromatic rings. The Morgan fingerprint density at radius 1 is 1.39 bits per heavy atom. The third-order valence-electron chi connectivity index (χ3n) is 2.37. The molecule has 0 aliphatic carbocycles. The number of ketones is 1. The van der Waals surface area contributed by atoms with Gasteiger partial charge in [-0.1, -0.05) is 12.1 Å². The third-order valence-corrected chi connectivity index (χ3v) is 3.83. The molecule has 18 heavy (non-hydrogen) atoms. The zero-order valence-electron chi connectivity index (χ0n) is 10.5. The van der Waals surface area contributed by atoms with Crippen LogP contribution in [0.15, 0.2) is 29.2 Å². The second-order valence-corrected chi connectivity index (χ2v) is 5.60. The van der Waals surface area contributed by atoms with Gasteiger partial charge in [0.15, 0.2) is 5.78 Å². The van der Waals surface area contributed by atoms with Crippen LogP contribution in [0, 0.1) is 0 Å². The van der Waals surface area contributed by atoms with Crippen molar-refractivity contribution in [1.29, 1.82) is 0 Å². The number of hydrogen-bond acceptors (Lipinski definition) is 4. The molecule has 0 unspecified atom stereocenters. The zero-order chi connectivity index (χ0) is 13.6. The summed E-state index contributed by atoms with van der Waals surface area (Å²) in [5.74, 6) is -0.161. The van der Waals surface area contributed by atoms with E-state index in [9.17, 15) is 13.2 Å². The standard InChI is InChI=1S/C12H17NO4S/c1-10(14)11-5-3-6-12(9-11)18(15,16)13-7-4-8-17-2/h3,5-6,9,13H,4,7-8H2,1-2H3. The van der Waals surface area contributed by atoms with Crippen LogP contribution in [-0.2, 0) is 14.8 Å². The lowest BCUT2D eigenvalue weighted by Crippen LogP contribution is -2.25. The van der Waals surface area contributed by atoms with Gasteiger partial charge >= 0.3 is 0 Å². The maximum absolute atomic E-state index is 11.9. The molecule has 5 nitrogen and oxygen atoms in total. The van der Waals surface area contributed by atoms with Gasteiger partial charge < -0.3 is 4.74 Å². The maximum atomic E-state index is 11.9. The Hall–Kier alpha value is -1.24. The first-order chi connectivity index (χ1) is 8.47. The van der Waals surface area contributed by atoms with Crippen molar-refractivity contribution in [3.63, 3.8) is 0 Å². The highest BCUT2D eigenvalue weighted by Crippen LogP contribution is 2.11. The molecule has 0 heterocycles. The summed E-state index contributed by atoms with van der Waals surface area (Å²) < 4.78 is 31.1. The van der Waals surface area contributed by atoms with Crippen LogP contribution in [0.5, 0.6) is 0 Å². The molecule has 0 saturated carbocycles. The molecule has 1 aromatic carbocycles. The number of carbonyl (C=O) groups is 1. The quantitative estimate of drug-likeness (QED) is 0.597. The van der Waals surface area contributed by atoms with Crippen molar-refractivity contribution >= 4 is 15.8 Å². The molecule has 100 valence electrons. The van der Waals surface area contributed by atoms with Gasteiger partial charge in [-0.05, 0) is 25.5 Å². The molecule has 1 N–H and O–H groups in total. The minimum atomic E-state index is -3.55. The second-order valence-electron chi connectivity index (χ2n) is 3.83. The smallest absolute Gasteiger partial charge is 0.240 e. The van der Waals surface area contributed by atoms with Crippen molar-refractivity contribution in [2.75, 3.05) is 20.3 Å². The van der Waals surface area contributed by atoms with E-state index < -0.39 is 10.0 Å². The number of sulfonamides is 1. The molecule has 0 amide bonds. The minimum Gasteiger partial charge on any atom is -0.385 e. The summed E-state index contributed by atoms with van der Waals surface area (Å²) in [4.78, 5) is 11.3. The van der Waals surface area contributed by atoms with Crippen molar-refractivity contribution in [3.8, 4) is 0 Å². The summed E-state index contributed by atoms with van der Waals surface area (Å²) in [6, 6.07) is 5.98. The lowest BCUT2D eigenvalue weighted by Gasteiger charge is -2.07. The second kappa shape index (κ2) is 6.63. The lowest BCUT2D eigenvalue weighted by atomic mass is 10.2. The van der Waals surface area contributed by atoms with Gasteiger partial charge in [0.2, 0.25) is 10.0 Å². The van der Waals surface area contributed by atoms with Crippen molar-refractivity contribution < 1.29 is 17.9 Å². The maximum Gasteiger partial charge on any atom is 0.240 e. The fraction of sp³-hybridized carbons (Fsp3) is 0.417. The number of Topliss-reactive ketones (excluding diaryl/α,β-unsaturated/α-hetero) is 1. The third kappa shape index (κ3) is 4.21. The molecule has 0 aliphatic heterocycles. The number of rotatable bonds is 7. The molecular weight excluding hydrogens is 254 g/mol. The lowest BCUT2D eigenvalue weighted by molar-refractivity contribution is 0.101. The molecule has 1 rings (SSSR count). The Bertz CT molecular complexity index is 511. The van der Waals surface area contributed by atoms with Crippen LogP contribution in [0.3, 0.4) is 0 Å². The fourth-order valence-electron chi connectivity index (χ4n) is 1.39. The van der Waals surface area contributed by atoms with Crippen LogP contribution in [-0.4, -0.2) is 34.5 Å². The average Bonchev–Trinajstić information content (AvgIpc) is 2.35. The molecule has 6 heteroatoms. The Morgan fingerprint density at radius 2 is 2.11 bits per heavy atom. The van der Waals surface area contributed by atoms with Crippen LogP contribution in [0.4, 0.5) is 0 Å². The largest absolute Gasteiger partial charge is 0.385 e. The first-order valence-corrected chi connectivity index (χ1v) is 7.05. The molecular formula is C12H17NO4S. The highest BCUT2D eigenvalue weighted by atomic mass is 32.2. The SMILES string of the molecule is COCCCNS(=O)(=O)c1cccc(C(C)=O)c1. The van der Waals surface area contributed by atoms with E-state index in [1.54, 1.807) is 19.2 Å². The van der Waals surface area contributed by atoms with E-state index in [2.05, 4.69) is 4.72 Å². The van der Waals surface area contributed by atoms with Gasteiger partial charge in [0.05, 0.1) is 4.90 Å². The fourth-order valence-corrected chi connectivity index (χ4v) is 2.51. The number of hydrogen-bond donors (Lipinski definition) is 1. The number of carbonyl (C=O) groups excluding carboxylic acids is 1. The molecule has 0 aliphatic rings. The average molecular weight is 271 g/mol. The predicted molar refractivity (Wildman–Crippen MR) is 68.1 cm³/mol. The Morgan fingerprint density at radius 3 is 2.72 bits per heavy atom. The summed E-state index contributed by atoms with van der Waals surface area (Å²) in [5.41, 5.74) is 0.384. The van der Waals surface area contributed by atoms with Gasteiger partial charge in [0, 0.05) is 25.8 Å². The van der Waals surface area contributed by atoms with Gasteiger partial charge in [-0.25, -0.2) is 13.1 Å². The van der Waals surface area contributed by atoms with E-state index in [1.807, 2.05) is 0 Å². The van der Waals surface area contributed by atoms with Gasteiger partial charge in [-0.15, -0.1) is 0 Å². The monoisotopic (exact) mass is 271 g/mol. The van der Waals surface area contributed by atoms with E-state index >= 15 is 0 Å². The molecule has 0 bridgehead atoms. The number of methoxy groups -OCH3 is 1. The van der Waals surface area contributed by atoms with Gasteiger partial charge in [0.25, 0.3) is 0 Å². The normalized spacial score (nSPS) is 11.4. The van der Waals surface area contributed by atoms with Gasteiger partial charge in [-0.2, -0.15) is 0 Å². The van der Waals surface area contributed by atoms with Crippen molar-refractivity contribution in [3.05, 3.63) is 29.8 Å². The van der Waals surface area contributed by atoms with Crippen molar-refractivity contribution in [1.82, 2.24) is 4.72 Å². The van der Waals surface area contributed by atoms with E-state index in [4.69, 9.17) is 4.74 Å². The Labute approximate surface area is 107 Å². The molecule has 0 atom stereocenters. The van der Waals surface area contributed by atoms with Crippen LogP contribution in [0.2, 0.25) is 0 Å². The number of benzene rings is 1. The van der Waals surface area contributed by atoms with Gasteiger partial charge in [0.1, 0.15) is 0 Å². The minimum absolute atomic E-state index is 0.104. The zero-order valence-corrected chi connectivity index (χ0v) is 11.3. The van der Waals surface area contributed by atoms with Crippen LogP contribution >= 0.6 is 0 Å². The first kappa shape index (κ1) is 14.8. The molecule has 0 saturated heterocycles. The van der Waals surface area contributed by atoms with Crippen LogP contribution < -0.4 is 4.72 Å². The summed E-state index contributed by atoms with van der Waals surface area (Å²) in [5, 5.41) is 0. The Kier molecular flexibility index (Phi) is 5.46. The number of nitrogens with one attached hydrogen (secondary N) is 1. The van der Waals surface area contributed by atoms with Crippen LogP contribution in [0.25, 0.3) is 0 Å². The van der Waals surface area contributed by atoms with Gasteiger partial charge in [-0.3, -0.25) is 4.79 Å². The van der Waals surface area contributed by atoms with E-state index in [0.29, 0.717) is 25.1 Å². The van der Waals surface area contributed by atoms with Crippen LogP contribution in [0.1, 0.15) is 23.7 Å². The molecule has 0 fully saturated rings. The molecule has 0 spiro atoms. The van der Waals surface area contributed by atoms with Crippen molar-refractivity contribution in [2.24, 2.45) is 0 Å². The van der Waals surface area contributed by atoms with Crippen molar-refractivity contribution in [2.45, 2.75) is 18.2 Å². The summed E-state index contributed by atoms with van der Waals surface area (Å²) >= 11 is 0. The highest BCUT2D eigenvalue weighted by Gasteiger charge is 2.14. The summed E-state index contributed by atoms with van der Waals surface area (Å²) in [6.45, 7) is 2.20. The molecule has 0 radical (unpaired) electrons. The highest BCUT2D eigenvalue weighted by molar-refractivity contribution is 7.89. The first-order valence-electron chi connectivity index (χ1n) is 5.57. The number of ether oxygens (including phenoxy) is 1. The molecule has 0 aromatic heterocycles. The summed E-state index contributed by atoms with van der Waals surface area (Å²) in [7, 11) is -1.99. The van der Waals surface area contributed by atoms with E-state index in [-0.39, 0.29) is 10.7 Å². The summed E-state index contributed by atoms with van der Waals surface area (Å²) in [6.07, 6.45) is 0.599. The Balaban J connectivity index is 2.78. The van der Waals surface area contributed by atoms with E-state index in [1.165, 1.54) is 19.1 Å². The predicted octanol–water partition coefficient (Wildman–Crippen LogP) is 1.20. The topological polar surface area (TPSA) is 72.5 Å².